The van der Waals surface area contributed by atoms with Crippen molar-refractivity contribution < 1.29 is 24.2 Å². The minimum atomic E-state index is -1.04. The van der Waals surface area contributed by atoms with Gasteiger partial charge < -0.3 is 15.2 Å². The van der Waals surface area contributed by atoms with Crippen LogP contribution >= 0.6 is 0 Å². The van der Waals surface area contributed by atoms with Crippen LogP contribution in [0.3, 0.4) is 0 Å². The van der Waals surface area contributed by atoms with E-state index in [1.165, 1.54) is 0 Å². The van der Waals surface area contributed by atoms with Crippen LogP contribution in [0.2, 0.25) is 0 Å². The molecule has 0 fully saturated rings. The number of rotatable bonds is 10. The number of aromatic nitrogens is 1. The van der Waals surface area contributed by atoms with Crippen molar-refractivity contribution in [3.63, 3.8) is 0 Å². The lowest BCUT2D eigenvalue weighted by Crippen LogP contribution is -2.45. The largest absolute Gasteiger partial charge is 0.481 e. The number of carbonyl (C=O) groups excluding carboxylic acids is 2. The predicted molar refractivity (Wildman–Crippen MR) is 139 cm³/mol. The minimum absolute atomic E-state index is 0.185. The normalized spacial score (nSPS) is 12.0. The molecule has 0 spiro atoms. The van der Waals surface area contributed by atoms with Gasteiger partial charge in [0.05, 0.1) is 12.0 Å². The van der Waals surface area contributed by atoms with E-state index >= 15 is 0 Å². The number of carboxylic acids is 1. The number of ketones is 1. The second kappa shape index (κ2) is 17.2. The molecule has 1 aromatic heterocycles. The first-order chi connectivity index (χ1) is 16.6. The van der Waals surface area contributed by atoms with Crippen molar-refractivity contribution in [2.75, 3.05) is 0 Å². The quantitative estimate of drug-likeness (QED) is 0.435. The van der Waals surface area contributed by atoms with Crippen molar-refractivity contribution in [1.29, 1.82) is 0 Å². The molecule has 2 aromatic rings. The summed E-state index contributed by atoms with van der Waals surface area (Å²) >= 11 is 0. The van der Waals surface area contributed by atoms with E-state index < -0.39 is 29.6 Å². The van der Waals surface area contributed by atoms with E-state index in [1.807, 2.05) is 70.2 Å². The Morgan fingerprint density at radius 2 is 1.57 bits per heavy atom. The zero-order valence-corrected chi connectivity index (χ0v) is 22.2. The maximum absolute atomic E-state index is 13.0. The molecular weight excluding hydrogens is 444 g/mol. The van der Waals surface area contributed by atoms with Gasteiger partial charge in [0, 0.05) is 18.3 Å². The molecule has 0 aliphatic rings. The molecule has 194 valence electrons. The molecule has 2 rings (SSSR count). The molecule has 1 aromatic carbocycles. The number of hydrogen-bond acceptors (Lipinski definition) is 5. The van der Waals surface area contributed by atoms with Crippen LogP contribution < -0.4 is 5.32 Å². The van der Waals surface area contributed by atoms with Crippen molar-refractivity contribution in [2.24, 2.45) is 5.92 Å². The van der Waals surface area contributed by atoms with Crippen molar-refractivity contribution in [1.82, 2.24) is 10.3 Å². The first-order valence-electron chi connectivity index (χ1n) is 12.3. The number of nitrogens with zero attached hydrogens (tertiary/aromatic N) is 1. The number of benzene rings is 1. The molecule has 7 nitrogen and oxygen atoms in total. The van der Waals surface area contributed by atoms with Gasteiger partial charge in [-0.3, -0.25) is 14.6 Å². The van der Waals surface area contributed by atoms with Crippen molar-refractivity contribution in [3.05, 3.63) is 66.0 Å². The van der Waals surface area contributed by atoms with Crippen LogP contribution in [-0.4, -0.2) is 39.6 Å². The van der Waals surface area contributed by atoms with Gasteiger partial charge in [0.1, 0.15) is 5.60 Å². The van der Waals surface area contributed by atoms with Crippen LogP contribution in [-0.2, 0) is 27.2 Å². The summed E-state index contributed by atoms with van der Waals surface area (Å²) in [7, 11) is 0. The average molecular weight is 487 g/mol. The van der Waals surface area contributed by atoms with E-state index in [0.717, 1.165) is 11.3 Å². The number of nitrogens with one attached hydrogen (secondary N) is 1. The summed E-state index contributed by atoms with van der Waals surface area (Å²) in [6.07, 6.45) is 1.75. The van der Waals surface area contributed by atoms with Crippen molar-refractivity contribution in [3.8, 4) is 0 Å². The third-order valence-electron chi connectivity index (χ3n) is 4.63. The average Bonchev–Trinajstić information content (AvgIpc) is 2.83. The summed E-state index contributed by atoms with van der Waals surface area (Å²) in [5, 5.41) is 12.2. The van der Waals surface area contributed by atoms with Gasteiger partial charge in [-0.15, -0.1) is 0 Å². The standard InChI is InChI=1S/C24H30N2O5.2C2H6/c1-24(2,3)31-23(30)26-20(15-17-9-5-4-6-10-17)21(27)16-18(22(28)29)12-13-19-11-7-8-14-25-19;2*1-2/h4-11,14,18,20H,12-13,15-16H2,1-3H3,(H,26,30)(H,28,29);2*1-2H3/t18?,20-;;/m1../s1. The molecule has 0 aliphatic carbocycles. The van der Waals surface area contributed by atoms with Gasteiger partial charge in [-0.1, -0.05) is 64.1 Å². The zero-order chi connectivity index (χ0) is 26.9. The third kappa shape index (κ3) is 13.9. The first kappa shape index (κ1) is 31.8. The van der Waals surface area contributed by atoms with Gasteiger partial charge >= 0.3 is 12.1 Å². The van der Waals surface area contributed by atoms with Gasteiger partial charge in [-0.25, -0.2) is 4.79 Å². The fraction of sp³-hybridized carbons (Fsp3) is 0.500. The van der Waals surface area contributed by atoms with E-state index in [0.29, 0.717) is 6.42 Å². The van der Waals surface area contributed by atoms with E-state index in [4.69, 9.17) is 4.74 Å². The minimum Gasteiger partial charge on any atom is -0.481 e. The second-order valence-corrected chi connectivity index (χ2v) is 8.45. The number of amides is 1. The Bertz CT molecular complexity index is 864. The molecule has 1 amide bonds. The zero-order valence-electron chi connectivity index (χ0n) is 22.2. The number of aryl methyl sites for hydroxylation is 1. The van der Waals surface area contributed by atoms with Crippen molar-refractivity contribution in [2.45, 2.75) is 85.8 Å². The number of ether oxygens (including phenoxy) is 1. The summed E-state index contributed by atoms with van der Waals surface area (Å²) in [5.74, 6) is -2.25. The fourth-order valence-corrected chi connectivity index (χ4v) is 3.11. The smallest absolute Gasteiger partial charge is 0.408 e. The molecule has 1 heterocycles. The molecule has 0 saturated heterocycles. The topological polar surface area (TPSA) is 106 Å². The number of alkyl carbamates (subject to hydrolysis) is 1. The van der Waals surface area contributed by atoms with Gasteiger partial charge in [0.25, 0.3) is 0 Å². The molecule has 0 saturated carbocycles. The molecule has 0 radical (unpaired) electrons. The predicted octanol–water partition coefficient (Wildman–Crippen LogP) is 5.86. The van der Waals surface area contributed by atoms with E-state index in [1.54, 1.807) is 33.0 Å². The molecule has 0 aliphatic heterocycles. The van der Waals surface area contributed by atoms with Gasteiger partial charge in [-0.05, 0) is 57.7 Å². The lowest BCUT2D eigenvalue weighted by Gasteiger charge is -2.24. The second-order valence-electron chi connectivity index (χ2n) is 8.45. The Morgan fingerprint density at radius 3 is 2.09 bits per heavy atom. The van der Waals surface area contributed by atoms with Crippen LogP contribution in [0.15, 0.2) is 54.7 Å². The lowest BCUT2D eigenvalue weighted by atomic mass is 9.91. The number of carbonyl (C=O) groups is 3. The highest BCUT2D eigenvalue weighted by molar-refractivity contribution is 5.90. The fourth-order valence-electron chi connectivity index (χ4n) is 3.11. The number of hydrogen-bond donors (Lipinski definition) is 2. The molecule has 35 heavy (non-hydrogen) atoms. The van der Waals surface area contributed by atoms with E-state index in [-0.39, 0.29) is 25.0 Å². The van der Waals surface area contributed by atoms with Crippen LogP contribution in [0.5, 0.6) is 0 Å². The van der Waals surface area contributed by atoms with Gasteiger partial charge in [0.15, 0.2) is 5.78 Å². The maximum atomic E-state index is 13.0. The Morgan fingerprint density at radius 1 is 0.971 bits per heavy atom. The molecule has 2 atom stereocenters. The van der Waals surface area contributed by atoms with E-state index in [2.05, 4.69) is 10.3 Å². The summed E-state index contributed by atoms with van der Waals surface area (Å²) in [5.41, 5.74) is 0.919. The molecule has 0 bridgehead atoms. The Hall–Kier alpha value is -3.22. The van der Waals surface area contributed by atoms with Crippen LogP contribution in [0.4, 0.5) is 4.79 Å². The number of aliphatic carboxylic acids is 1. The Kier molecular flexibility index (Phi) is 15.7. The Balaban J connectivity index is 0.00000274. The summed E-state index contributed by atoms with van der Waals surface area (Å²) < 4.78 is 5.29. The SMILES string of the molecule is CC.CC.CC(C)(C)OC(=O)N[C@H](Cc1ccccc1)C(=O)CC(CCc1ccccn1)C(=O)O. The summed E-state index contributed by atoms with van der Waals surface area (Å²) in [4.78, 5) is 41.3. The highest BCUT2D eigenvalue weighted by atomic mass is 16.6. The highest BCUT2D eigenvalue weighted by Gasteiger charge is 2.29. The van der Waals surface area contributed by atoms with Crippen molar-refractivity contribution >= 4 is 17.8 Å². The number of carboxylic acid groups (broad SMARTS) is 1. The first-order valence-corrected chi connectivity index (χ1v) is 12.3. The molecule has 1 unspecified atom stereocenters. The summed E-state index contributed by atoms with van der Waals surface area (Å²) in [6, 6.07) is 13.8. The van der Waals surface area contributed by atoms with Crippen LogP contribution in [0.25, 0.3) is 0 Å². The molecular formula is C28H42N2O5. The number of pyridine rings is 1. The molecule has 7 heteroatoms. The monoisotopic (exact) mass is 486 g/mol. The van der Waals surface area contributed by atoms with Gasteiger partial charge in [-0.2, -0.15) is 0 Å². The van der Waals surface area contributed by atoms with E-state index in [9.17, 15) is 19.5 Å². The third-order valence-corrected chi connectivity index (χ3v) is 4.63. The number of Topliss-reactive ketones (excluding diaryl/α,β-unsaturated/α-hetero) is 1. The Labute approximate surface area is 210 Å². The lowest BCUT2D eigenvalue weighted by molar-refractivity contribution is -0.144. The highest BCUT2D eigenvalue weighted by Crippen LogP contribution is 2.17. The van der Waals surface area contributed by atoms with Crippen LogP contribution in [0, 0.1) is 5.92 Å². The van der Waals surface area contributed by atoms with Gasteiger partial charge in [0.2, 0.25) is 0 Å². The summed E-state index contributed by atoms with van der Waals surface area (Å²) in [6.45, 7) is 13.2. The van der Waals surface area contributed by atoms with Crippen LogP contribution in [0.1, 0.15) is 72.6 Å². The molecule has 2 N–H and O–H groups in total. The maximum Gasteiger partial charge on any atom is 0.408 e.